The third-order valence-electron chi connectivity index (χ3n) is 4.90. The smallest absolute Gasteiger partial charge is 0.322 e. The first-order chi connectivity index (χ1) is 12.6. The lowest BCUT2D eigenvalue weighted by Crippen LogP contribution is -2.51. The zero-order chi connectivity index (χ0) is 18.4. The minimum Gasteiger partial charge on any atom is -0.491 e. The van der Waals surface area contributed by atoms with Crippen LogP contribution in [0.1, 0.15) is 20.3 Å². The summed E-state index contributed by atoms with van der Waals surface area (Å²) in [7, 11) is 0. The minimum absolute atomic E-state index is 0.0468. The van der Waals surface area contributed by atoms with Gasteiger partial charge in [-0.25, -0.2) is 4.79 Å². The van der Waals surface area contributed by atoms with Crippen molar-refractivity contribution in [1.29, 1.82) is 0 Å². The van der Waals surface area contributed by atoms with Crippen LogP contribution in [0.4, 0.5) is 10.5 Å². The maximum atomic E-state index is 12.6. The fraction of sp³-hybridized carbons (Fsp3) is 0.650. The number of amides is 2. The van der Waals surface area contributed by atoms with E-state index in [-0.39, 0.29) is 6.03 Å². The second-order valence-electron chi connectivity index (χ2n) is 7.65. The molecule has 0 aliphatic carbocycles. The van der Waals surface area contributed by atoms with Gasteiger partial charge in [0.2, 0.25) is 0 Å². The van der Waals surface area contributed by atoms with E-state index in [2.05, 4.69) is 24.1 Å². The predicted molar refractivity (Wildman–Crippen MR) is 103 cm³/mol. The number of carbonyl (C=O) groups is 1. The van der Waals surface area contributed by atoms with E-state index in [1.54, 1.807) is 0 Å². The molecule has 0 aromatic heterocycles. The standard InChI is InChI=1S/C20H31N3O3/c1-16(2)14-26-19-6-4-3-5-18(19)21-20(24)23-10-8-22(9-11-23)13-17-7-12-25-15-17/h3-6,16-17H,7-15H2,1-2H3,(H,21,24). The average molecular weight is 361 g/mol. The summed E-state index contributed by atoms with van der Waals surface area (Å²) in [6.07, 6.45) is 1.16. The monoisotopic (exact) mass is 361 g/mol. The van der Waals surface area contributed by atoms with E-state index in [4.69, 9.17) is 9.47 Å². The molecule has 2 aliphatic heterocycles. The number of hydrogen-bond acceptors (Lipinski definition) is 4. The van der Waals surface area contributed by atoms with Gasteiger partial charge in [0.1, 0.15) is 5.75 Å². The van der Waals surface area contributed by atoms with Gasteiger partial charge in [0.05, 0.1) is 18.9 Å². The number of urea groups is 1. The fourth-order valence-corrected chi connectivity index (χ4v) is 3.37. The molecule has 6 heteroatoms. The maximum absolute atomic E-state index is 12.6. The van der Waals surface area contributed by atoms with E-state index in [1.165, 1.54) is 0 Å². The normalized spacial score (nSPS) is 21.2. The van der Waals surface area contributed by atoms with Gasteiger partial charge in [0, 0.05) is 39.3 Å². The summed E-state index contributed by atoms with van der Waals surface area (Å²) < 4.78 is 11.3. The Morgan fingerprint density at radius 1 is 1.27 bits per heavy atom. The Hall–Kier alpha value is -1.79. The van der Waals surface area contributed by atoms with Gasteiger partial charge in [-0.15, -0.1) is 0 Å². The Kier molecular flexibility index (Phi) is 6.74. The lowest BCUT2D eigenvalue weighted by atomic mass is 10.1. The van der Waals surface area contributed by atoms with Gasteiger partial charge in [0.15, 0.2) is 0 Å². The number of anilines is 1. The van der Waals surface area contributed by atoms with Crippen LogP contribution in [0.2, 0.25) is 0 Å². The van der Waals surface area contributed by atoms with Crippen LogP contribution in [-0.4, -0.2) is 68.4 Å². The van der Waals surface area contributed by atoms with Crippen LogP contribution in [0.15, 0.2) is 24.3 Å². The van der Waals surface area contributed by atoms with Gasteiger partial charge in [-0.1, -0.05) is 26.0 Å². The average Bonchev–Trinajstić information content (AvgIpc) is 3.14. The summed E-state index contributed by atoms with van der Waals surface area (Å²) in [4.78, 5) is 17.0. The molecule has 0 radical (unpaired) electrons. The highest BCUT2D eigenvalue weighted by atomic mass is 16.5. The molecule has 2 saturated heterocycles. The largest absolute Gasteiger partial charge is 0.491 e. The molecule has 6 nitrogen and oxygen atoms in total. The molecule has 1 aromatic rings. The minimum atomic E-state index is -0.0468. The van der Waals surface area contributed by atoms with Crippen LogP contribution >= 0.6 is 0 Å². The number of hydrogen-bond donors (Lipinski definition) is 1. The van der Waals surface area contributed by atoms with Crippen molar-refractivity contribution in [3.05, 3.63) is 24.3 Å². The number of carbonyl (C=O) groups excluding carboxylic acids is 1. The first kappa shape index (κ1) is 19.0. The zero-order valence-corrected chi connectivity index (χ0v) is 15.9. The maximum Gasteiger partial charge on any atom is 0.322 e. The van der Waals surface area contributed by atoms with E-state index in [1.807, 2.05) is 29.2 Å². The molecule has 1 atom stereocenters. The molecular weight excluding hydrogens is 330 g/mol. The summed E-state index contributed by atoms with van der Waals surface area (Å²) in [6.45, 7) is 11.1. The Labute approximate surface area is 156 Å². The van der Waals surface area contributed by atoms with E-state index >= 15 is 0 Å². The first-order valence-corrected chi connectivity index (χ1v) is 9.69. The molecule has 2 fully saturated rings. The van der Waals surface area contributed by atoms with Crippen molar-refractivity contribution in [2.24, 2.45) is 11.8 Å². The highest BCUT2D eigenvalue weighted by molar-refractivity contribution is 5.91. The van der Waals surface area contributed by atoms with Crippen LogP contribution in [0.3, 0.4) is 0 Å². The first-order valence-electron chi connectivity index (χ1n) is 9.69. The van der Waals surface area contributed by atoms with Gasteiger partial charge in [0.25, 0.3) is 0 Å². The van der Waals surface area contributed by atoms with Crippen molar-refractivity contribution in [1.82, 2.24) is 9.80 Å². The van der Waals surface area contributed by atoms with Crippen molar-refractivity contribution in [2.75, 3.05) is 57.9 Å². The lowest BCUT2D eigenvalue weighted by molar-refractivity contribution is 0.124. The summed E-state index contributed by atoms with van der Waals surface area (Å²) in [5.74, 6) is 1.83. The van der Waals surface area contributed by atoms with Crippen LogP contribution in [0.25, 0.3) is 0 Å². The third-order valence-corrected chi connectivity index (χ3v) is 4.90. The van der Waals surface area contributed by atoms with Crippen LogP contribution in [-0.2, 0) is 4.74 Å². The van der Waals surface area contributed by atoms with E-state index in [9.17, 15) is 4.79 Å². The van der Waals surface area contributed by atoms with Crippen LogP contribution in [0, 0.1) is 11.8 Å². The van der Waals surface area contributed by atoms with Gasteiger partial charge >= 0.3 is 6.03 Å². The molecule has 2 amide bonds. The summed E-state index contributed by atoms with van der Waals surface area (Å²) in [5, 5.41) is 3.02. The number of para-hydroxylation sites is 2. The lowest BCUT2D eigenvalue weighted by Gasteiger charge is -2.35. The Bertz CT molecular complexity index is 579. The molecule has 26 heavy (non-hydrogen) atoms. The second kappa shape index (κ2) is 9.24. The molecule has 0 saturated carbocycles. The molecule has 0 bridgehead atoms. The number of benzene rings is 1. The van der Waals surface area contributed by atoms with Gasteiger partial charge in [-0.05, 0) is 30.4 Å². The topological polar surface area (TPSA) is 54.0 Å². The van der Waals surface area contributed by atoms with E-state index in [0.717, 1.165) is 63.8 Å². The number of piperazine rings is 1. The number of nitrogens with one attached hydrogen (secondary N) is 1. The number of nitrogens with zero attached hydrogens (tertiary/aromatic N) is 2. The molecule has 2 aliphatic rings. The van der Waals surface area contributed by atoms with Crippen molar-refractivity contribution in [2.45, 2.75) is 20.3 Å². The highest BCUT2D eigenvalue weighted by Crippen LogP contribution is 2.25. The second-order valence-corrected chi connectivity index (χ2v) is 7.65. The summed E-state index contributed by atoms with van der Waals surface area (Å²) >= 11 is 0. The molecule has 3 rings (SSSR count). The van der Waals surface area contributed by atoms with Crippen LogP contribution < -0.4 is 10.1 Å². The van der Waals surface area contributed by atoms with Crippen molar-refractivity contribution < 1.29 is 14.3 Å². The fourth-order valence-electron chi connectivity index (χ4n) is 3.37. The van der Waals surface area contributed by atoms with E-state index < -0.39 is 0 Å². The third kappa shape index (κ3) is 5.35. The highest BCUT2D eigenvalue weighted by Gasteiger charge is 2.25. The molecular formula is C20H31N3O3. The van der Waals surface area contributed by atoms with Gasteiger partial charge < -0.3 is 19.7 Å². The Morgan fingerprint density at radius 3 is 2.73 bits per heavy atom. The van der Waals surface area contributed by atoms with Crippen molar-refractivity contribution in [3.63, 3.8) is 0 Å². The Balaban J connectivity index is 1.48. The quantitative estimate of drug-likeness (QED) is 0.846. The molecule has 0 spiro atoms. The summed E-state index contributed by atoms with van der Waals surface area (Å²) in [6, 6.07) is 7.59. The molecule has 144 valence electrons. The van der Waals surface area contributed by atoms with E-state index in [0.29, 0.717) is 18.4 Å². The molecule has 1 unspecified atom stereocenters. The summed E-state index contributed by atoms with van der Waals surface area (Å²) in [5.41, 5.74) is 0.740. The van der Waals surface area contributed by atoms with Gasteiger partial charge in [-0.3, -0.25) is 4.90 Å². The molecule has 1 N–H and O–H groups in total. The number of ether oxygens (including phenoxy) is 2. The predicted octanol–water partition coefficient (Wildman–Crippen LogP) is 2.91. The van der Waals surface area contributed by atoms with Gasteiger partial charge in [-0.2, -0.15) is 0 Å². The van der Waals surface area contributed by atoms with Crippen molar-refractivity contribution >= 4 is 11.7 Å². The Morgan fingerprint density at radius 2 is 2.04 bits per heavy atom. The van der Waals surface area contributed by atoms with Crippen LogP contribution in [0.5, 0.6) is 5.75 Å². The number of rotatable bonds is 6. The molecule has 2 heterocycles. The zero-order valence-electron chi connectivity index (χ0n) is 15.9. The molecule has 1 aromatic carbocycles. The van der Waals surface area contributed by atoms with Crippen molar-refractivity contribution in [3.8, 4) is 5.75 Å². The SMILES string of the molecule is CC(C)COc1ccccc1NC(=O)N1CCN(CC2CCOC2)CC1.